The zero-order valence-corrected chi connectivity index (χ0v) is 15.9. The van der Waals surface area contributed by atoms with E-state index in [0.717, 1.165) is 15.6 Å². The Morgan fingerprint density at radius 3 is 2.46 bits per heavy atom. The van der Waals surface area contributed by atoms with Gasteiger partial charge in [-0.1, -0.05) is 58.4 Å². The summed E-state index contributed by atoms with van der Waals surface area (Å²) in [4.78, 5) is 25.2. The highest BCUT2D eigenvalue weighted by atomic mass is 79.9. The van der Waals surface area contributed by atoms with Crippen molar-refractivity contribution in [3.8, 4) is 0 Å². The molecule has 0 spiro atoms. The van der Waals surface area contributed by atoms with Crippen LogP contribution in [-0.2, 0) is 25.5 Å². The van der Waals surface area contributed by atoms with E-state index in [-0.39, 0.29) is 6.61 Å². The molecular formula is C21H19BrO4. The molecule has 0 saturated carbocycles. The molecule has 26 heavy (non-hydrogen) atoms. The van der Waals surface area contributed by atoms with E-state index >= 15 is 0 Å². The summed E-state index contributed by atoms with van der Waals surface area (Å²) in [6.45, 7) is 2.02. The van der Waals surface area contributed by atoms with E-state index in [1.165, 1.54) is 0 Å². The van der Waals surface area contributed by atoms with Crippen LogP contribution in [-0.4, -0.2) is 18.5 Å². The maximum absolute atomic E-state index is 12.7. The topological polar surface area (TPSA) is 52.6 Å². The molecule has 5 heteroatoms. The van der Waals surface area contributed by atoms with Crippen LogP contribution in [0.3, 0.4) is 0 Å². The van der Waals surface area contributed by atoms with Gasteiger partial charge in [0.05, 0.1) is 18.4 Å². The average Bonchev–Trinajstić information content (AvgIpc) is 2.65. The molecule has 2 aromatic carbocycles. The van der Waals surface area contributed by atoms with E-state index in [9.17, 15) is 9.59 Å². The standard InChI is InChI=1S/C21H19BrO4/c1-2-25-20(23)18-13-19(15-8-10-16(22)11-9-15)26-21(24)17(18)12-14-6-4-3-5-7-14/h3-11,13,17-18H,2,12H2,1H3/t17-,18-/m0/s1. The van der Waals surface area contributed by atoms with Gasteiger partial charge in [0, 0.05) is 10.0 Å². The molecule has 0 unspecified atom stereocenters. The summed E-state index contributed by atoms with van der Waals surface area (Å²) in [5.74, 6) is -1.69. The fourth-order valence-corrected chi connectivity index (χ4v) is 3.23. The summed E-state index contributed by atoms with van der Waals surface area (Å²) in [7, 11) is 0. The number of ether oxygens (including phenoxy) is 2. The first kappa shape index (κ1) is 18.4. The van der Waals surface area contributed by atoms with Gasteiger partial charge in [-0.05, 0) is 37.1 Å². The first-order valence-corrected chi connectivity index (χ1v) is 9.27. The highest BCUT2D eigenvalue weighted by molar-refractivity contribution is 9.10. The van der Waals surface area contributed by atoms with Crippen molar-refractivity contribution < 1.29 is 19.1 Å². The van der Waals surface area contributed by atoms with Crippen LogP contribution >= 0.6 is 15.9 Å². The fraction of sp³-hybridized carbons (Fsp3) is 0.238. The van der Waals surface area contributed by atoms with Crippen molar-refractivity contribution in [1.29, 1.82) is 0 Å². The lowest BCUT2D eigenvalue weighted by Gasteiger charge is -2.27. The van der Waals surface area contributed by atoms with E-state index in [0.29, 0.717) is 12.2 Å². The Kier molecular flexibility index (Phi) is 5.89. The molecule has 0 saturated heterocycles. The number of esters is 2. The summed E-state index contributed by atoms with van der Waals surface area (Å²) >= 11 is 3.38. The molecular weight excluding hydrogens is 396 g/mol. The van der Waals surface area contributed by atoms with Crippen LogP contribution in [0.5, 0.6) is 0 Å². The lowest BCUT2D eigenvalue weighted by atomic mass is 9.84. The first-order valence-electron chi connectivity index (χ1n) is 8.48. The number of hydrogen-bond acceptors (Lipinski definition) is 4. The Hall–Kier alpha value is -2.40. The predicted octanol–water partition coefficient (Wildman–Crippen LogP) is 4.39. The van der Waals surface area contributed by atoms with E-state index in [2.05, 4.69) is 15.9 Å². The number of halogens is 1. The van der Waals surface area contributed by atoms with Crippen LogP contribution in [0, 0.1) is 11.8 Å². The van der Waals surface area contributed by atoms with Gasteiger partial charge in [-0.15, -0.1) is 0 Å². The largest absolute Gasteiger partial charge is 0.466 e. The lowest BCUT2D eigenvalue weighted by molar-refractivity contribution is -0.156. The fourth-order valence-electron chi connectivity index (χ4n) is 2.96. The van der Waals surface area contributed by atoms with Gasteiger partial charge >= 0.3 is 11.9 Å². The minimum absolute atomic E-state index is 0.268. The van der Waals surface area contributed by atoms with E-state index < -0.39 is 23.8 Å². The van der Waals surface area contributed by atoms with Crippen LogP contribution in [0.1, 0.15) is 18.1 Å². The van der Waals surface area contributed by atoms with Gasteiger partial charge in [-0.2, -0.15) is 0 Å². The van der Waals surface area contributed by atoms with Crippen LogP contribution in [0.15, 0.2) is 65.1 Å². The summed E-state index contributed by atoms with van der Waals surface area (Å²) < 4.78 is 11.7. The van der Waals surface area contributed by atoms with Crippen molar-refractivity contribution in [2.75, 3.05) is 6.61 Å². The number of carbonyl (C=O) groups is 2. The van der Waals surface area contributed by atoms with Crippen molar-refractivity contribution in [1.82, 2.24) is 0 Å². The molecule has 0 aliphatic carbocycles. The molecule has 1 aliphatic rings. The summed E-state index contributed by atoms with van der Waals surface area (Å²) in [5, 5.41) is 0. The van der Waals surface area contributed by atoms with Gasteiger partial charge < -0.3 is 9.47 Å². The van der Waals surface area contributed by atoms with Gasteiger partial charge in [0.2, 0.25) is 0 Å². The average molecular weight is 415 g/mol. The third-order valence-corrected chi connectivity index (χ3v) is 4.79. The van der Waals surface area contributed by atoms with E-state index in [1.807, 2.05) is 54.6 Å². The Labute approximate surface area is 160 Å². The Bertz CT molecular complexity index is 812. The molecule has 2 aromatic rings. The van der Waals surface area contributed by atoms with Crippen molar-refractivity contribution in [3.05, 3.63) is 76.3 Å². The van der Waals surface area contributed by atoms with Crippen molar-refractivity contribution in [2.24, 2.45) is 11.8 Å². The second-order valence-electron chi connectivity index (χ2n) is 6.03. The predicted molar refractivity (Wildman–Crippen MR) is 102 cm³/mol. The van der Waals surface area contributed by atoms with Crippen LogP contribution < -0.4 is 0 Å². The number of carbonyl (C=O) groups excluding carboxylic acids is 2. The normalized spacial score (nSPS) is 19.5. The van der Waals surface area contributed by atoms with Crippen molar-refractivity contribution in [2.45, 2.75) is 13.3 Å². The zero-order valence-electron chi connectivity index (χ0n) is 14.4. The smallest absolute Gasteiger partial charge is 0.315 e. The Morgan fingerprint density at radius 1 is 1.12 bits per heavy atom. The van der Waals surface area contributed by atoms with Crippen LogP contribution in [0.25, 0.3) is 5.76 Å². The molecule has 4 nitrogen and oxygen atoms in total. The molecule has 0 radical (unpaired) electrons. The summed E-state index contributed by atoms with van der Waals surface area (Å²) in [6, 6.07) is 17.0. The molecule has 0 fully saturated rings. The number of hydrogen-bond donors (Lipinski definition) is 0. The summed E-state index contributed by atoms with van der Waals surface area (Å²) in [5.41, 5.74) is 1.72. The minimum atomic E-state index is -0.671. The molecule has 1 heterocycles. The second-order valence-corrected chi connectivity index (χ2v) is 6.95. The van der Waals surface area contributed by atoms with Crippen molar-refractivity contribution in [3.63, 3.8) is 0 Å². The SMILES string of the molecule is CCOC(=O)[C@H]1C=C(c2ccc(Br)cc2)OC(=O)[C@H]1Cc1ccccc1. The van der Waals surface area contributed by atoms with Crippen LogP contribution in [0.4, 0.5) is 0 Å². The van der Waals surface area contributed by atoms with Crippen molar-refractivity contribution >= 4 is 33.6 Å². The molecule has 134 valence electrons. The maximum atomic E-state index is 12.7. The minimum Gasteiger partial charge on any atom is -0.466 e. The Morgan fingerprint density at radius 2 is 1.81 bits per heavy atom. The number of benzene rings is 2. The van der Waals surface area contributed by atoms with Gasteiger partial charge in [0.25, 0.3) is 0 Å². The lowest BCUT2D eigenvalue weighted by Crippen LogP contribution is -2.36. The van der Waals surface area contributed by atoms with E-state index in [4.69, 9.17) is 9.47 Å². The molecule has 0 bridgehead atoms. The highest BCUT2D eigenvalue weighted by Gasteiger charge is 2.39. The highest BCUT2D eigenvalue weighted by Crippen LogP contribution is 2.33. The summed E-state index contributed by atoms with van der Waals surface area (Å²) in [6.07, 6.45) is 2.13. The monoisotopic (exact) mass is 414 g/mol. The van der Waals surface area contributed by atoms with Gasteiger partial charge in [0.15, 0.2) is 0 Å². The molecule has 2 atom stereocenters. The Balaban J connectivity index is 1.93. The zero-order chi connectivity index (χ0) is 18.5. The number of rotatable bonds is 5. The molecule has 0 aromatic heterocycles. The van der Waals surface area contributed by atoms with Gasteiger partial charge in [0.1, 0.15) is 5.76 Å². The molecule has 0 N–H and O–H groups in total. The van der Waals surface area contributed by atoms with Gasteiger partial charge in [-0.25, -0.2) is 0 Å². The maximum Gasteiger partial charge on any atom is 0.315 e. The third kappa shape index (κ3) is 4.22. The number of cyclic esters (lactones) is 1. The quantitative estimate of drug-likeness (QED) is 0.680. The first-order chi connectivity index (χ1) is 12.6. The van der Waals surface area contributed by atoms with Crippen LogP contribution in [0.2, 0.25) is 0 Å². The molecule has 1 aliphatic heterocycles. The second kappa shape index (κ2) is 8.32. The molecule has 0 amide bonds. The third-order valence-electron chi connectivity index (χ3n) is 4.26. The van der Waals surface area contributed by atoms with E-state index in [1.54, 1.807) is 13.0 Å². The molecule has 3 rings (SSSR count). The van der Waals surface area contributed by atoms with Gasteiger partial charge in [-0.3, -0.25) is 9.59 Å².